The molecule has 3 aromatic rings. The van der Waals surface area contributed by atoms with Crippen LogP contribution in [0.5, 0.6) is 5.75 Å². The monoisotopic (exact) mass is 507 g/mol. The number of carbonyl (C=O) groups is 2. The van der Waals surface area contributed by atoms with Crippen molar-refractivity contribution in [1.82, 2.24) is 24.6 Å². The van der Waals surface area contributed by atoms with Crippen molar-refractivity contribution >= 4 is 23.6 Å². The first-order valence-electron chi connectivity index (χ1n) is 12.3. The number of amides is 2. The number of aryl methyl sites for hydroxylation is 1. The normalized spacial score (nSPS) is 15.7. The van der Waals surface area contributed by atoms with Crippen molar-refractivity contribution in [2.75, 3.05) is 32.5 Å². The van der Waals surface area contributed by atoms with Gasteiger partial charge in [-0.25, -0.2) is 0 Å². The third kappa shape index (κ3) is 5.90. The molecule has 0 aliphatic carbocycles. The van der Waals surface area contributed by atoms with Crippen LogP contribution in [-0.2, 0) is 4.79 Å². The maximum atomic E-state index is 13.1. The summed E-state index contributed by atoms with van der Waals surface area (Å²) in [6.45, 7) is 5.57. The molecule has 8 nitrogen and oxygen atoms in total. The van der Waals surface area contributed by atoms with Gasteiger partial charge in [-0.05, 0) is 51.0 Å². The molecular formula is C27H33N5O3S. The summed E-state index contributed by atoms with van der Waals surface area (Å²) in [5, 5.41) is 9.42. The van der Waals surface area contributed by atoms with E-state index in [1.807, 2.05) is 66.1 Å². The second kappa shape index (κ2) is 12.1. The van der Waals surface area contributed by atoms with Crippen LogP contribution < -0.4 is 4.74 Å². The summed E-state index contributed by atoms with van der Waals surface area (Å²) in [7, 11) is 1.57. The van der Waals surface area contributed by atoms with E-state index in [0.29, 0.717) is 37.4 Å². The zero-order chi connectivity index (χ0) is 25.5. The Bertz CT molecular complexity index is 1180. The second-order valence-corrected chi connectivity index (χ2v) is 9.96. The number of aromatic nitrogens is 3. The molecule has 1 unspecified atom stereocenters. The summed E-state index contributed by atoms with van der Waals surface area (Å²) in [5.41, 5.74) is 1.61. The average Bonchev–Trinajstić information content (AvgIpc) is 3.28. The van der Waals surface area contributed by atoms with Crippen LogP contribution in [0.4, 0.5) is 0 Å². The number of nitrogens with zero attached hydrogens (tertiary/aromatic N) is 5. The van der Waals surface area contributed by atoms with Gasteiger partial charge in [0.15, 0.2) is 5.16 Å². The quantitative estimate of drug-likeness (QED) is 0.319. The first-order chi connectivity index (χ1) is 17.5. The molecule has 0 bridgehead atoms. The van der Waals surface area contributed by atoms with Crippen LogP contribution in [0.1, 0.15) is 42.4 Å². The summed E-state index contributed by atoms with van der Waals surface area (Å²) in [6.07, 6.45) is 2.25. The largest absolute Gasteiger partial charge is 0.496 e. The van der Waals surface area contributed by atoms with Crippen molar-refractivity contribution in [1.29, 1.82) is 0 Å². The van der Waals surface area contributed by atoms with Crippen LogP contribution in [0.3, 0.4) is 0 Å². The molecule has 0 N–H and O–H groups in total. The third-order valence-electron chi connectivity index (χ3n) is 6.40. The third-order valence-corrected chi connectivity index (χ3v) is 7.42. The van der Waals surface area contributed by atoms with Gasteiger partial charge in [0.05, 0.1) is 12.7 Å². The molecular weight excluding hydrogens is 474 g/mol. The van der Waals surface area contributed by atoms with Crippen LogP contribution in [0.25, 0.3) is 5.69 Å². The predicted octanol–water partition coefficient (Wildman–Crippen LogP) is 4.22. The minimum atomic E-state index is -0.0531. The highest BCUT2D eigenvalue weighted by Gasteiger charge is 2.31. The number of hydrogen-bond acceptors (Lipinski definition) is 6. The van der Waals surface area contributed by atoms with E-state index < -0.39 is 0 Å². The van der Waals surface area contributed by atoms with Gasteiger partial charge in [0, 0.05) is 43.5 Å². The minimum absolute atomic E-state index is 0.0525. The highest BCUT2D eigenvalue weighted by molar-refractivity contribution is 7.99. The lowest BCUT2D eigenvalue weighted by Crippen LogP contribution is -2.55. The van der Waals surface area contributed by atoms with E-state index in [2.05, 4.69) is 14.8 Å². The van der Waals surface area contributed by atoms with Gasteiger partial charge in [-0.1, -0.05) is 42.1 Å². The first kappa shape index (κ1) is 25.8. The molecule has 0 saturated carbocycles. The Kier molecular flexibility index (Phi) is 8.64. The van der Waals surface area contributed by atoms with Crippen molar-refractivity contribution < 1.29 is 14.3 Å². The molecule has 1 aromatic heterocycles. The molecule has 1 aliphatic rings. The Morgan fingerprint density at radius 2 is 1.78 bits per heavy atom. The van der Waals surface area contributed by atoms with Crippen LogP contribution in [0, 0.1) is 6.92 Å². The number of rotatable bonds is 9. The molecule has 1 saturated heterocycles. The zero-order valence-electron chi connectivity index (χ0n) is 21.1. The lowest BCUT2D eigenvalue weighted by atomic mass is 10.1. The molecule has 1 atom stereocenters. The highest BCUT2D eigenvalue weighted by Crippen LogP contribution is 2.24. The Labute approximate surface area is 216 Å². The highest BCUT2D eigenvalue weighted by atomic mass is 32.2. The van der Waals surface area contributed by atoms with E-state index >= 15 is 0 Å². The van der Waals surface area contributed by atoms with Crippen molar-refractivity contribution in [2.24, 2.45) is 0 Å². The molecule has 36 heavy (non-hydrogen) atoms. The standard InChI is InChI=1S/C27H33N5O3S/c1-20-19-30(16-17-31(20)26(34)23-13-7-8-14-24(23)35-3)25(33)15-9-10-18-36-27-29-28-21(2)32(27)22-11-5-4-6-12-22/h4-8,11-14,20H,9-10,15-19H2,1-3H3. The van der Waals surface area contributed by atoms with Gasteiger partial charge in [0.1, 0.15) is 11.6 Å². The maximum absolute atomic E-state index is 13.1. The van der Waals surface area contributed by atoms with E-state index in [0.717, 1.165) is 35.3 Å². The number of methoxy groups -OCH3 is 1. The summed E-state index contributed by atoms with van der Waals surface area (Å²) >= 11 is 1.66. The van der Waals surface area contributed by atoms with Gasteiger partial charge in [0.2, 0.25) is 5.91 Å². The fourth-order valence-electron chi connectivity index (χ4n) is 4.47. The van der Waals surface area contributed by atoms with E-state index in [-0.39, 0.29) is 17.9 Å². The van der Waals surface area contributed by atoms with Gasteiger partial charge in [-0.15, -0.1) is 10.2 Å². The van der Waals surface area contributed by atoms with Crippen LogP contribution in [-0.4, -0.2) is 74.9 Å². The van der Waals surface area contributed by atoms with Crippen LogP contribution >= 0.6 is 11.8 Å². The van der Waals surface area contributed by atoms with Crippen molar-refractivity contribution in [2.45, 2.75) is 44.3 Å². The second-order valence-electron chi connectivity index (χ2n) is 8.89. The lowest BCUT2D eigenvalue weighted by Gasteiger charge is -2.40. The molecule has 4 rings (SSSR count). The van der Waals surface area contributed by atoms with Crippen molar-refractivity contribution in [3.8, 4) is 11.4 Å². The summed E-state index contributed by atoms with van der Waals surface area (Å²) in [6, 6.07) is 17.3. The first-order valence-corrected chi connectivity index (χ1v) is 13.3. The average molecular weight is 508 g/mol. The summed E-state index contributed by atoms with van der Waals surface area (Å²) < 4.78 is 7.41. The van der Waals surface area contributed by atoms with Gasteiger partial charge >= 0.3 is 0 Å². The number of para-hydroxylation sites is 2. The van der Waals surface area contributed by atoms with Crippen molar-refractivity contribution in [3.63, 3.8) is 0 Å². The molecule has 0 spiro atoms. The smallest absolute Gasteiger partial charge is 0.257 e. The van der Waals surface area contributed by atoms with Crippen LogP contribution in [0.15, 0.2) is 59.8 Å². The number of carbonyl (C=O) groups excluding carboxylic acids is 2. The number of thioether (sulfide) groups is 1. The summed E-state index contributed by atoms with van der Waals surface area (Å²) in [5.74, 6) is 2.40. The zero-order valence-corrected chi connectivity index (χ0v) is 21.9. The lowest BCUT2D eigenvalue weighted by molar-refractivity contribution is -0.133. The SMILES string of the molecule is COc1ccccc1C(=O)N1CCN(C(=O)CCCCSc2nnc(C)n2-c2ccccc2)CC1C. The molecule has 9 heteroatoms. The fraction of sp³-hybridized carbons (Fsp3) is 0.407. The van der Waals surface area contributed by atoms with Gasteiger partial charge < -0.3 is 14.5 Å². The fourth-order valence-corrected chi connectivity index (χ4v) is 5.47. The number of hydrogen-bond donors (Lipinski definition) is 0. The molecule has 0 radical (unpaired) electrons. The van der Waals surface area contributed by atoms with E-state index in [4.69, 9.17) is 4.74 Å². The Balaban J connectivity index is 1.22. The molecule has 1 fully saturated rings. The molecule has 2 aromatic carbocycles. The molecule has 2 heterocycles. The maximum Gasteiger partial charge on any atom is 0.257 e. The van der Waals surface area contributed by atoms with Gasteiger partial charge in [-0.3, -0.25) is 14.2 Å². The minimum Gasteiger partial charge on any atom is -0.496 e. The molecule has 1 aliphatic heterocycles. The van der Waals surface area contributed by atoms with Gasteiger partial charge in [-0.2, -0.15) is 0 Å². The molecule has 190 valence electrons. The van der Waals surface area contributed by atoms with Crippen LogP contribution in [0.2, 0.25) is 0 Å². The topological polar surface area (TPSA) is 80.6 Å². The van der Waals surface area contributed by atoms with E-state index in [9.17, 15) is 9.59 Å². The number of benzene rings is 2. The van der Waals surface area contributed by atoms with Gasteiger partial charge in [0.25, 0.3) is 5.91 Å². The Morgan fingerprint density at radius 1 is 1.03 bits per heavy atom. The predicted molar refractivity (Wildman–Crippen MR) is 141 cm³/mol. The van der Waals surface area contributed by atoms with Crippen molar-refractivity contribution in [3.05, 3.63) is 66.0 Å². The van der Waals surface area contributed by atoms with E-state index in [1.54, 1.807) is 31.0 Å². The number of ether oxygens (including phenoxy) is 1. The Morgan fingerprint density at radius 3 is 2.53 bits per heavy atom. The number of piperazine rings is 1. The molecule has 2 amide bonds. The number of unbranched alkanes of at least 4 members (excludes halogenated alkanes) is 1. The van der Waals surface area contributed by atoms with E-state index in [1.165, 1.54) is 0 Å². The summed E-state index contributed by atoms with van der Waals surface area (Å²) in [4.78, 5) is 29.6. The Hall–Kier alpha value is -3.33.